The lowest BCUT2D eigenvalue weighted by molar-refractivity contribution is -0.132. The van der Waals surface area contributed by atoms with Crippen molar-refractivity contribution < 1.29 is 22.7 Å². The number of rotatable bonds is 7. The molecular weight excluding hydrogens is 349 g/mol. The maximum atomic E-state index is 12.2. The second kappa shape index (κ2) is 10.5. The average molecular weight is 382 g/mol. The molecule has 6 nitrogen and oxygen atoms in total. The highest BCUT2D eigenvalue weighted by molar-refractivity contribution is 5.79. The number of guanidine groups is 1. The first-order valence-corrected chi connectivity index (χ1v) is 8.73. The van der Waals surface area contributed by atoms with Gasteiger partial charge in [0.15, 0.2) is 5.96 Å². The average Bonchev–Trinajstić information content (AvgIpc) is 2.44. The summed E-state index contributed by atoms with van der Waals surface area (Å²) in [6, 6.07) is -0.124. The molecule has 9 heteroatoms. The summed E-state index contributed by atoms with van der Waals surface area (Å²) < 4.78 is 42.0. The standard InChI is InChI=1S/C17H33F3N4O2/c1-12(2)13(23-15(25)26-16(3,4)5)8-11-24(7)14(21-6)22-10-9-17(18,19)20/h12-13H,8-11H2,1-7H3,(H,21,22)(H,23,25). The summed E-state index contributed by atoms with van der Waals surface area (Å²) in [5, 5.41) is 5.55. The minimum Gasteiger partial charge on any atom is -0.444 e. The number of carbonyl (C=O) groups excluding carboxylic acids is 1. The topological polar surface area (TPSA) is 66.0 Å². The van der Waals surface area contributed by atoms with Crippen molar-refractivity contribution in [2.45, 2.75) is 65.3 Å². The molecule has 0 aliphatic rings. The van der Waals surface area contributed by atoms with Gasteiger partial charge in [-0.2, -0.15) is 13.2 Å². The Bertz CT molecular complexity index is 460. The zero-order valence-corrected chi connectivity index (χ0v) is 16.8. The molecule has 0 aromatic heterocycles. The highest BCUT2D eigenvalue weighted by Gasteiger charge is 2.27. The molecule has 1 amide bonds. The van der Waals surface area contributed by atoms with Gasteiger partial charge in [0.1, 0.15) is 5.60 Å². The van der Waals surface area contributed by atoms with Gasteiger partial charge < -0.3 is 20.3 Å². The number of nitrogens with one attached hydrogen (secondary N) is 2. The van der Waals surface area contributed by atoms with Gasteiger partial charge in [-0.1, -0.05) is 13.8 Å². The van der Waals surface area contributed by atoms with Crippen LogP contribution in [-0.4, -0.2) is 62.0 Å². The van der Waals surface area contributed by atoms with Crippen molar-refractivity contribution in [1.82, 2.24) is 15.5 Å². The molecule has 0 saturated carbocycles. The number of carbonyl (C=O) groups is 1. The molecular formula is C17H33F3N4O2. The van der Waals surface area contributed by atoms with Crippen LogP contribution in [0.5, 0.6) is 0 Å². The summed E-state index contributed by atoms with van der Waals surface area (Å²) in [5.41, 5.74) is -0.577. The van der Waals surface area contributed by atoms with E-state index in [0.29, 0.717) is 18.9 Å². The Morgan fingerprint density at radius 1 is 1.23 bits per heavy atom. The molecule has 0 aliphatic heterocycles. The van der Waals surface area contributed by atoms with Gasteiger partial charge in [0.05, 0.1) is 6.42 Å². The van der Waals surface area contributed by atoms with Crippen molar-refractivity contribution in [3.8, 4) is 0 Å². The van der Waals surface area contributed by atoms with Crippen molar-refractivity contribution in [2.24, 2.45) is 10.9 Å². The second-order valence-electron chi connectivity index (χ2n) is 7.55. The lowest BCUT2D eigenvalue weighted by atomic mass is 10.0. The van der Waals surface area contributed by atoms with Gasteiger partial charge in [0, 0.05) is 33.2 Å². The van der Waals surface area contributed by atoms with Gasteiger partial charge in [-0.3, -0.25) is 4.99 Å². The number of ether oxygens (including phenoxy) is 1. The first-order chi connectivity index (χ1) is 11.7. The summed E-state index contributed by atoms with van der Waals surface area (Å²) in [7, 11) is 3.26. The number of halogens is 3. The largest absolute Gasteiger partial charge is 0.444 e. The van der Waals surface area contributed by atoms with Crippen LogP contribution < -0.4 is 10.6 Å². The summed E-state index contributed by atoms with van der Waals surface area (Å²) >= 11 is 0. The molecule has 0 fully saturated rings. The Balaban J connectivity index is 4.55. The molecule has 0 heterocycles. The minimum absolute atomic E-state index is 0.124. The molecule has 154 valence electrons. The van der Waals surface area contributed by atoms with E-state index in [4.69, 9.17) is 4.74 Å². The van der Waals surface area contributed by atoms with Crippen molar-refractivity contribution >= 4 is 12.1 Å². The Kier molecular flexibility index (Phi) is 9.80. The van der Waals surface area contributed by atoms with Crippen LogP contribution in [0, 0.1) is 5.92 Å². The monoisotopic (exact) mass is 382 g/mol. The van der Waals surface area contributed by atoms with E-state index in [-0.39, 0.29) is 18.5 Å². The quantitative estimate of drug-likeness (QED) is 0.523. The van der Waals surface area contributed by atoms with Crippen LogP contribution in [0.3, 0.4) is 0 Å². The number of hydrogen-bond acceptors (Lipinski definition) is 3. The van der Waals surface area contributed by atoms with Crippen LogP contribution in [-0.2, 0) is 4.74 Å². The number of alkyl carbamates (subject to hydrolysis) is 1. The van der Waals surface area contributed by atoms with E-state index in [0.717, 1.165) is 0 Å². The van der Waals surface area contributed by atoms with Gasteiger partial charge in [-0.05, 0) is 33.1 Å². The van der Waals surface area contributed by atoms with Crippen molar-refractivity contribution in [3.05, 3.63) is 0 Å². The number of nitrogens with zero attached hydrogens (tertiary/aromatic N) is 2. The highest BCUT2D eigenvalue weighted by atomic mass is 19.4. The zero-order chi connectivity index (χ0) is 20.5. The molecule has 0 aromatic rings. The van der Waals surface area contributed by atoms with Crippen LogP contribution in [0.1, 0.15) is 47.5 Å². The molecule has 0 aromatic carbocycles. The Labute approximate surface area is 154 Å². The van der Waals surface area contributed by atoms with Crippen LogP contribution >= 0.6 is 0 Å². The van der Waals surface area contributed by atoms with Crippen LogP contribution in [0.15, 0.2) is 4.99 Å². The fraction of sp³-hybridized carbons (Fsp3) is 0.882. The van der Waals surface area contributed by atoms with Crippen molar-refractivity contribution in [2.75, 3.05) is 27.2 Å². The molecule has 26 heavy (non-hydrogen) atoms. The predicted molar refractivity (Wildman–Crippen MR) is 97.3 cm³/mol. The van der Waals surface area contributed by atoms with E-state index in [9.17, 15) is 18.0 Å². The van der Waals surface area contributed by atoms with E-state index in [1.54, 1.807) is 32.7 Å². The molecule has 1 unspecified atom stereocenters. The van der Waals surface area contributed by atoms with E-state index < -0.39 is 24.3 Å². The maximum absolute atomic E-state index is 12.2. The summed E-state index contributed by atoms with van der Waals surface area (Å²) in [5.74, 6) is 0.560. The Hall–Kier alpha value is -1.67. The first kappa shape index (κ1) is 24.3. The van der Waals surface area contributed by atoms with Gasteiger partial charge in [-0.25, -0.2) is 4.79 Å². The predicted octanol–water partition coefficient (Wildman–Crippen LogP) is 3.39. The molecule has 1 atom stereocenters. The molecule has 2 N–H and O–H groups in total. The Morgan fingerprint density at radius 3 is 2.23 bits per heavy atom. The molecule has 0 radical (unpaired) electrons. The maximum Gasteiger partial charge on any atom is 0.407 e. The number of hydrogen-bond donors (Lipinski definition) is 2. The minimum atomic E-state index is -4.20. The summed E-state index contributed by atoms with van der Waals surface area (Å²) in [6.45, 7) is 9.63. The number of amides is 1. The number of alkyl halides is 3. The molecule has 0 bridgehead atoms. The summed E-state index contributed by atoms with van der Waals surface area (Å²) in [4.78, 5) is 17.7. The Morgan fingerprint density at radius 2 is 1.81 bits per heavy atom. The second-order valence-corrected chi connectivity index (χ2v) is 7.55. The van der Waals surface area contributed by atoms with Crippen LogP contribution in [0.4, 0.5) is 18.0 Å². The molecule has 0 aliphatic carbocycles. The molecule has 0 spiro atoms. The lowest BCUT2D eigenvalue weighted by Crippen LogP contribution is -2.45. The van der Waals surface area contributed by atoms with Gasteiger partial charge in [0.2, 0.25) is 0 Å². The van der Waals surface area contributed by atoms with Crippen LogP contribution in [0.25, 0.3) is 0 Å². The van der Waals surface area contributed by atoms with Crippen molar-refractivity contribution in [3.63, 3.8) is 0 Å². The van der Waals surface area contributed by atoms with E-state index in [1.165, 1.54) is 7.05 Å². The van der Waals surface area contributed by atoms with E-state index >= 15 is 0 Å². The smallest absolute Gasteiger partial charge is 0.407 e. The molecule has 0 saturated heterocycles. The first-order valence-electron chi connectivity index (χ1n) is 8.73. The lowest BCUT2D eigenvalue weighted by Gasteiger charge is -2.28. The van der Waals surface area contributed by atoms with Gasteiger partial charge in [0.25, 0.3) is 0 Å². The SMILES string of the molecule is CN=C(NCCC(F)(F)F)N(C)CCC(NC(=O)OC(C)(C)C)C(C)C. The van der Waals surface area contributed by atoms with E-state index in [1.807, 2.05) is 13.8 Å². The third kappa shape index (κ3) is 11.8. The summed E-state index contributed by atoms with van der Waals surface area (Å²) in [6.07, 6.45) is -5.00. The third-order valence-corrected chi connectivity index (χ3v) is 3.55. The number of aliphatic imine (C=N–C) groups is 1. The third-order valence-electron chi connectivity index (χ3n) is 3.55. The molecule has 0 rings (SSSR count). The van der Waals surface area contributed by atoms with Crippen molar-refractivity contribution in [1.29, 1.82) is 0 Å². The highest BCUT2D eigenvalue weighted by Crippen LogP contribution is 2.18. The van der Waals surface area contributed by atoms with Crippen LogP contribution in [0.2, 0.25) is 0 Å². The van der Waals surface area contributed by atoms with Gasteiger partial charge >= 0.3 is 12.3 Å². The zero-order valence-electron chi connectivity index (χ0n) is 16.8. The van der Waals surface area contributed by atoms with Gasteiger partial charge in [-0.15, -0.1) is 0 Å². The fourth-order valence-corrected chi connectivity index (χ4v) is 2.17. The fourth-order valence-electron chi connectivity index (χ4n) is 2.17. The van der Waals surface area contributed by atoms with E-state index in [2.05, 4.69) is 15.6 Å². The normalized spacial score (nSPS) is 14.2.